The number of benzene rings is 2. The summed E-state index contributed by atoms with van der Waals surface area (Å²) in [4.78, 5) is 10.9. The molecular formula is C16H16BrNO3. The van der Waals surface area contributed by atoms with Gasteiger partial charge in [0.15, 0.2) is 0 Å². The summed E-state index contributed by atoms with van der Waals surface area (Å²) in [5.41, 5.74) is 3.35. The number of hydrogen-bond acceptors (Lipinski definition) is 3. The monoisotopic (exact) mass is 349 g/mol. The van der Waals surface area contributed by atoms with E-state index >= 15 is 0 Å². The Labute approximate surface area is 131 Å². The molecule has 21 heavy (non-hydrogen) atoms. The lowest BCUT2D eigenvalue weighted by atomic mass is 10.1. The molecule has 0 amide bonds. The lowest BCUT2D eigenvalue weighted by Gasteiger charge is -2.12. The van der Waals surface area contributed by atoms with E-state index in [1.807, 2.05) is 24.3 Å². The minimum atomic E-state index is -0.930. The van der Waals surface area contributed by atoms with Gasteiger partial charge in [-0.25, -0.2) is 4.79 Å². The molecule has 0 aliphatic carbocycles. The quantitative estimate of drug-likeness (QED) is 0.830. The van der Waals surface area contributed by atoms with Crippen LogP contribution in [0.15, 0.2) is 46.9 Å². The van der Waals surface area contributed by atoms with Gasteiger partial charge in [-0.2, -0.15) is 0 Å². The van der Waals surface area contributed by atoms with Gasteiger partial charge in [-0.1, -0.05) is 40.2 Å². The lowest BCUT2D eigenvalue weighted by molar-refractivity contribution is 0.0697. The van der Waals surface area contributed by atoms with E-state index in [9.17, 15) is 4.79 Å². The molecule has 2 aromatic rings. The number of halogens is 1. The predicted molar refractivity (Wildman–Crippen MR) is 85.6 cm³/mol. The standard InChI is InChI=1S/C16H16BrNO3/c1-21-10-13-4-2-3-5-15(13)18-9-12-7-6-11(16(19)20)8-14(12)17/h2-8,18H,9-10H2,1H3,(H,19,20). The molecule has 4 nitrogen and oxygen atoms in total. The van der Waals surface area contributed by atoms with E-state index in [0.717, 1.165) is 21.3 Å². The first-order valence-electron chi connectivity index (χ1n) is 6.44. The van der Waals surface area contributed by atoms with Gasteiger partial charge >= 0.3 is 5.97 Å². The van der Waals surface area contributed by atoms with Crippen LogP contribution in [0, 0.1) is 0 Å². The molecule has 0 radical (unpaired) electrons. The molecule has 110 valence electrons. The summed E-state index contributed by atoms with van der Waals surface area (Å²) in [6, 6.07) is 13.0. The van der Waals surface area contributed by atoms with Crippen LogP contribution in [0.5, 0.6) is 0 Å². The maximum atomic E-state index is 10.9. The molecule has 0 bridgehead atoms. The number of aromatic carboxylic acids is 1. The van der Waals surface area contributed by atoms with Crippen LogP contribution >= 0.6 is 15.9 Å². The van der Waals surface area contributed by atoms with E-state index in [4.69, 9.17) is 9.84 Å². The van der Waals surface area contributed by atoms with Gasteiger partial charge in [-0.15, -0.1) is 0 Å². The average molecular weight is 350 g/mol. The molecule has 0 fully saturated rings. The summed E-state index contributed by atoms with van der Waals surface area (Å²) in [6.07, 6.45) is 0. The second kappa shape index (κ2) is 7.24. The molecule has 0 aromatic heterocycles. The second-order valence-electron chi connectivity index (χ2n) is 4.56. The normalized spacial score (nSPS) is 10.4. The Hall–Kier alpha value is -1.85. The number of nitrogens with one attached hydrogen (secondary N) is 1. The second-order valence-corrected chi connectivity index (χ2v) is 5.41. The van der Waals surface area contributed by atoms with Crippen LogP contribution in [0.4, 0.5) is 5.69 Å². The fourth-order valence-corrected chi connectivity index (χ4v) is 2.51. The van der Waals surface area contributed by atoms with Crippen LogP contribution in [0.1, 0.15) is 21.5 Å². The zero-order valence-electron chi connectivity index (χ0n) is 11.6. The Kier molecular flexibility index (Phi) is 5.36. The first-order valence-corrected chi connectivity index (χ1v) is 7.23. The third kappa shape index (κ3) is 4.06. The van der Waals surface area contributed by atoms with Crippen molar-refractivity contribution in [2.24, 2.45) is 0 Å². The summed E-state index contributed by atoms with van der Waals surface area (Å²) in [5, 5.41) is 12.3. The lowest BCUT2D eigenvalue weighted by Crippen LogP contribution is -2.04. The van der Waals surface area contributed by atoms with Crippen molar-refractivity contribution in [3.05, 3.63) is 63.6 Å². The fraction of sp³-hybridized carbons (Fsp3) is 0.188. The van der Waals surface area contributed by atoms with Crippen LogP contribution in [0.25, 0.3) is 0 Å². The molecule has 2 rings (SSSR count). The van der Waals surface area contributed by atoms with Gasteiger partial charge in [0.1, 0.15) is 0 Å². The SMILES string of the molecule is COCc1ccccc1NCc1ccc(C(=O)O)cc1Br. The van der Waals surface area contributed by atoms with Crippen molar-refractivity contribution < 1.29 is 14.6 Å². The highest BCUT2D eigenvalue weighted by Gasteiger charge is 2.07. The van der Waals surface area contributed by atoms with Crippen molar-refractivity contribution in [3.63, 3.8) is 0 Å². The van der Waals surface area contributed by atoms with Gasteiger partial charge in [-0.3, -0.25) is 0 Å². The molecular weight excluding hydrogens is 334 g/mol. The molecule has 0 atom stereocenters. The molecule has 0 saturated heterocycles. The zero-order chi connectivity index (χ0) is 15.2. The summed E-state index contributed by atoms with van der Waals surface area (Å²) in [5.74, 6) is -0.930. The molecule has 2 N–H and O–H groups in total. The van der Waals surface area contributed by atoms with Crippen molar-refractivity contribution in [3.8, 4) is 0 Å². The van der Waals surface area contributed by atoms with Crippen LogP contribution in [0.2, 0.25) is 0 Å². The molecule has 0 spiro atoms. The molecule has 0 aliphatic heterocycles. The van der Waals surface area contributed by atoms with Crippen LogP contribution in [-0.2, 0) is 17.9 Å². The van der Waals surface area contributed by atoms with E-state index in [0.29, 0.717) is 13.2 Å². The first kappa shape index (κ1) is 15.5. The first-order chi connectivity index (χ1) is 10.1. The van der Waals surface area contributed by atoms with Crippen molar-refractivity contribution in [1.29, 1.82) is 0 Å². The Morgan fingerprint density at radius 1 is 1.24 bits per heavy atom. The van der Waals surface area contributed by atoms with Crippen LogP contribution in [0.3, 0.4) is 0 Å². The van der Waals surface area contributed by atoms with Gasteiger partial charge in [0.25, 0.3) is 0 Å². The summed E-state index contributed by atoms with van der Waals surface area (Å²) >= 11 is 3.41. The van der Waals surface area contributed by atoms with Gasteiger partial charge < -0.3 is 15.2 Å². The summed E-state index contributed by atoms with van der Waals surface area (Å²) < 4.78 is 5.95. The Balaban J connectivity index is 2.11. The maximum absolute atomic E-state index is 10.9. The molecule has 5 heteroatoms. The van der Waals surface area contributed by atoms with Gasteiger partial charge in [0.2, 0.25) is 0 Å². The number of carbonyl (C=O) groups is 1. The topological polar surface area (TPSA) is 58.6 Å². The van der Waals surface area contributed by atoms with Crippen LogP contribution in [-0.4, -0.2) is 18.2 Å². The molecule has 0 heterocycles. The highest BCUT2D eigenvalue weighted by Crippen LogP contribution is 2.22. The zero-order valence-corrected chi connectivity index (χ0v) is 13.2. The van der Waals surface area contributed by atoms with Gasteiger partial charge in [0, 0.05) is 29.4 Å². The van der Waals surface area contributed by atoms with Crippen LogP contribution < -0.4 is 5.32 Å². The Morgan fingerprint density at radius 3 is 2.67 bits per heavy atom. The number of carboxylic acid groups (broad SMARTS) is 1. The smallest absolute Gasteiger partial charge is 0.335 e. The van der Waals surface area contributed by atoms with Gasteiger partial charge in [-0.05, 0) is 23.8 Å². The van der Waals surface area contributed by atoms with E-state index in [2.05, 4.69) is 21.2 Å². The number of rotatable bonds is 6. The van der Waals surface area contributed by atoms with Gasteiger partial charge in [0.05, 0.1) is 12.2 Å². The molecule has 0 saturated carbocycles. The highest BCUT2D eigenvalue weighted by atomic mass is 79.9. The number of carboxylic acids is 1. The van der Waals surface area contributed by atoms with E-state index in [1.165, 1.54) is 0 Å². The maximum Gasteiger partial charge on any atom is 0.335 e. The number of hydrogen-bond donors (Lipinski definition) is 2. The van der Waals surface area contributed by atoms with Crippen molar-refractivity contribution in [2.45, 2.75) is 13.2 Å². The van der Waals surface area contributed by atoms with E-state index < -0.39 is 5.97 Å². The third-order valence-corrected chi connectivity index (χ3v) is 3.82. The number of anilines is 1. The summed E-state index contributed by atoms with van der Waals surface area (Å²) in [7, 11) is 1.66. The fourth-order valence-electron chi connectivity index (χ4n) is 1.99. The highest BCUT2D eigenvalue weighted by molar-refractivity contribution is 9.10. The number of para-hydroxylation sites is 1. The van der Waals surface area contributed by atoms with E-state index in [1.54, 1.807) is 25.3 Å². The largest absolute Gasteiger partial charge is 0.478 e. The van der Waals surface area contributed by atoms with Crippen molar-refractivity contribution in [2.75, 3.05) is 12.4 Å². The van der Waals surface area contributed by atoms with Crippen molar-refractivity contribution in [1.82, 2.24) is 0 Å². The molecule has 0 unspecified atom stereocenters. The van der Waals surface area contributed by atoms with Crippen molar-refractivity contribution >= 4 is 27.6 Å². The Morgan fingerprint density at radius 2 is 2.00 bits per heavy atom. The number of ether oxygens (including phenoxy) is 1. The minimum absolute atomic E-state index is 0.269. The Bertz CT molecular complexity index is 643. The average Bonchev–Trinajstić information content (AvgIpc) is 2.47. The molecule has 0 aliphatic rings. The van der Waals surface area contributed by atoms with E-state index in [-0.39, 0.29) is 5.56 Å². The number of methoxy groups -OCH3 is 1. The third-order valence-electron chi connectivity index (χ3n) is 3.09. The molecule has 2 aromatic carbocycles. The summed E-state index contributed by atoms with van der Waals surface area (Å²) in [6.45, 7) is 1.14. The predicted octanol–water partition coefficient (Wildman–Crippen LogP) is 3.91. The minimum Gasteiger partial charge on any atom is -0.478 e.